The molecular weight excluding hydrogens is 590 g/mol. The molecule has 0 spiro atoms. The quantitative estimate of drug-likeness (QED) is 0.239. The Morgan fingerprint density at radius 3 is 2.27 bits per heavy atom. The molecule has 0 aromatic heterocycles. The van der Waals surface area contributed by atoms with Crippen LogP contribution in [0.5, 0.6) is 23.0 Å². The van der Waals surface area contributed by atoms with Crippen molar-refractivity contribution in [2.75, 3.05) is 26.6 Å². The molecule has 4 aromatic carbocycles. The van der Waals surface area contributed by atoms with E-state index in [1.54, 1.807) is 12.1 Å². The Morgan fingerprint density at radius 2 is 1.59 bits per heavy atom. The molecule has 0 radical (unpaired) electrons. The molecule has 0 saturated heterocycles. The van der Waals surface area contributed by atoms with Gasteiger partial charge in [-0.15, -0.1) is 0 Å². The van der Waals surface area contributed by atoms with Crippen LogP contribution in [-0.4, -0.2) is 38.2 Å². The highest BCUT2D eigenvalue weighted by Crippen LogP contribution is 2.39. The number of hydrazine groups is 1. The molecule has 4 aromatic rings. The molecule has 1 aliphatic rings. The highest BCUT2D eigenvalue weighted by atomic mass is 79.9. The van der Waals surface area contributed by atoms with Gasteiger partial charge in [0.15, 0.2) is 11.5 Å². The van der Waals surface area contributed by atoms with Gasteiger partial charge in [0.05, 0.1) is 26.9 Å². The first-order valence-corrected chi connectivity index (χ1v) is 13.5. The number of rotatable bonds is 9. The third-order valence-electron chi connectivity index (χ3n) is 6.59. The number of anilines is 1. The van der Waals surface area contributed by atoms with Crippen LogP contribution in [0.15, 0.2) is 89.4 Å². The Morgan fingerprint density at radius 1 is 0.902 bits per heavy atom. The van der Waals surface area contributed by atoms with E-state index in [1.807, 2.05) is 60.7 Å². The minimum Gasteiger partial charge on any atom is -0.493 e. The SMILES string of the molecule is COc1cc(C(=O)NN2C(=O)c3ccccc3NC2c2cc(OCc3ccccc3)ccc2Br)cc(OC)c1OC. The van der Waals surface area contributed by atoms with Crippen molar-refractivity contribution in [3.05, 3.63) is 112 Å². The molecule has 0 fully saturated rings. The number of methoxy groups -OCH3 is 3. The van der Waals surface area contributed by atoms with Crippen LogP contribution in [0.3, 0.4) is 0 Å². The lowest BCUT2D eigenvalue weighted by Crippen LogP contribution is -2.53. The molecule has 1 heterocycles. The second kappa shape index (κ2) is 12.2. The summed E-state index contributed by atoms with van der Waals surface area (Å²) in [5.41, 5.74) is 5.77. The minimum atomic E-state index is -0.766. The van der Waals surface area contributed by atoms with E-state index in [4.69, 9.17) is 18.9 Å². The zero-order chi connectivity index (χ0) is 28.9. The van der Waals surface area contributed by atoms with Gasteiger partial charge < -0.3 is 24.3 Å². The number of halogens is 1. The average molecular weight is 618 g/mol. The van der Waals surface area contributed by atoms with Crippen LogP contribution < -0.4 is 29.7 Å². The lowest BCUT2D eigenvalue weighted by molar-refractivity contribution is 0.0489. The fourth-order valence-corrected chi connectivity index (χ4v) is 5.00. The van der Waals surface area contributed by atoms with Crippen molar-refractivity contribution in [1.82, 2.24) is 10.4 Å². The molecule has 0 bridgehead atoms. The standard InChI is InChI=1S/C31H28BrN3O6/c1-38-26-15-20(16-27(39-2)28(26)40-3)30(36)34-35-29(33-25-12-8-7-11-22(25)31(35)37)23-17-21(13-14-24(23)32)41-18-19-9-5-4-6-10-19/h4-17,29,33H,18H2,1-3H3,(H,34,36). The fraction of sp³-hybridized carbons (Fsp3) is 0.161. The van der Waals surface area contributed by atoms with Gasteiger partial charge in [-0.05, 0) is 48.0 Å². The average Bonchev–Trinajstić information content (AvgIpc) is 3.01. The number of nitrogens with one attached hydrogen (secondary N) is 2. The van der Waals surface area contributed by atoms with Crippen LogP contribution in [0.4, 0.5) is 5.69 Å². The molecule has 0 aliphatic carbocycles. The summed E-state index contributed by atoms with van der Waals surface area (Å²) < 4.78 is 23.0. The van der Waals surface area contributed by atoms with E-state index < -0.39 is 12.1 Å². The third-order valence-corrected chi connectivity index (χ3v) is 7.31. The molecule has 9 nitrogen and oxygen atoms in total. The Labute approximate surface area is 246 Å². The van der Waals surface area contributed by atoms with E-state index >= 15 is 0 Å². The van der Waals surface area contributed by atoms with E-state index in [1.165, 1.54) is 38.5 Å². The van der Waals surface area contributed by atoms with E-state index in [-0.39, 0.29) is 11.5 Å². The summed E-state index contributed by atoms with van der Waals surface area (Å²) in [6, 6.07) is 25.5. The number of benzene rings is 4. The van der Waals surface area contributed by atoms with Crippen LogP contribution >= 0.6 is 15.9 Å². The lowest BCUT2D eigenvalue weighted by Gasteiger charge is -2.38. The number of carbonyl (C=O) groups is 2. The van der Waals surface area contributed by atoms with Gasteiger partial charge in [-0.2, -0.15) is 0 Å². The highest BCUT2D eigenvalue weighted by molar-refractivity contribution is 9.10. The summed E-state index contributed by atoms with van der Waals surface area (Å²) in [6.45, 7) is 0.378. The van der Waals surface area contributed by atoms with E-state index in [0.717, 1.165) is 10.0 Å². The molecule has 2 N–H and O–H groups in total. The number of nitrogens with zero attached hydrogens (tertiary/aromatic N) is 1. The van der Waals surface area contributed by atoms with Crippen LogP contribution in [-0.2, 0) is 6.61 Å². The van der Waals surface area contributed by atoms with Crippen LogP contribution in [0, 0.1) is 0 Å². The topological polar surface area (TPSA) is 98.4 Å². The number of carbonyl (C=O) groups excluding carboxylic acids is 2. The summed E-state index contributed by atoms with van der Waals surface area (Å²) in [5.74, 6) is 0.659. The smallest absolute Gasteiger partial charge is 0.276 e. The predicted octanol–water partition coefficient (Wildman–Crippen LogP) is 5.97. The normalized spacial score (nSPS) is 14.0. The highest BCUT2D eigenvalue weighted by Gasteiger charge is 2.36. The molecule has 10 heteroatoms. The maximum Gasteiger partial charge on any atom is 0.276 e. The number of ether oxygens (including phenoxy) is 4. The molecular formula is C31H28BrN3O6. The van der Waals surface area contributed by atoms with Gasteiger partial charge in [0.25, 0.3) is 11.8 Å². The first-order chi connectivity index (χ1) is 19.9. The lowest BCUT2D eigenvalue weighted by atomic mass is 10.0. The van der Waals surface area contributed by atoms with Crippen molar-refractivity contribution in [1.29, 1.82) is 0 Å². The van der Waals surface area contributed by atoms with Crippen LogP contribution in [0.25, 0.3) is 0 Å². The Kier molecular flexibility index (Phi) is 8.30. The van der Waals surface area contributed by atoms with Crippen molar-refractivity contribution in [2.45, 2.75) is 12.8 Å². The maximum absolute atomic E-state index is 13.8. The van der Waals surface area contributed by atoms with Crippen molar-refractivity contribution in [3.63, 3.8) is 0 Å². The van der Waals surface area contributed by atoms with Gasteiger partial charge >= 0.3 is 0 Å². The zero-order valence-corrected chi connectivity index (χ0v) is 24.2. The van der Waals surface area contributed by atoms with Crippen molar-refractivity contribution >= 4 is 33.4 Å². The molecule has 5 rings (SSSR count). The molecule has 210 valence electrons. The molecule has 0 saturated carbocycles. The van der Waals surface area contributed by atoms with Gasteiger partial charge in [-0.25, -0.2) is 5.01 Å². The fourth-order valence-electron chi connectivity index (χ4n) is 4.53. The maximum atomic E-state index is 13.8. The molecule has 1 unspecified atom stereocenters. The Hall–Kier alpha value is -4.70. The Balaban J connectivity index is 1.49. The van der Waals surface area contributed by atoms with Gasteiger partial charge in [0, 0.05) is 21.3 Å². The van der Waals surface area contributed by atoms with E-state index in [0.29, 0.717) is 46.4 Å². The molecule has 2 amide bonds. The van der Waals surface area contributed by atoms with Crippen LogP contribution in [0.1, 0.15) is 38.0 Å². The van der Waals surface area contributed by atoms with Crippen LogP contribution in [0.2, 0.25) is 0 Å². The number of hydrogen-bond acceptors (Lipinski definition) is 7. The van der Waals surface area contributed by atoms with Gasteiger partial charge in [-0.3, -0.25) is 15.0 Å². The second-order valence-corrected chi connectivity index (χ2v) is 9.93. The van der Waals surface area contributed by atoms with Crippen molar-refractivity contribution < 1.29 is 28.5 Å². The summed E-state index contributed by atoms with van der Waals surface area (Å²) in [4.78, 5) is 27.3. The number of hydrogen-bond donors (Lipinski definition) is 2. The number of fused-ring (bicyclic) bond motifs is 1. The third kappa shape index (κ3) is 5.78. The zero-order valence-electron chi connectivity index (χ0n) is 22.6. The van der Waals surface area contributed by atoms with Gasteiger partial charge in [0.2, 0.25) is 5.75 Å². The summed E-state index contributed by atoms with van der Waals surface area (Å²) >= 11 is 3.62. The monoisotopic (exact) mass is 617 g/mol. The van der Waals surface area contributed by atoms with E-state index in [9.17, 15) is 9.59 Å². The largest absolute Gasteiger partial charge is 0.493 e. The van der Waals surface area contributed by atoms with Crippen molar-refractivity contribution in [2.24, 2.45) is 0 Å². The first-order valence-electron chi connectivity index (χ1n) is 12.7. The summed E-state index contributed by atoms with van der Waals surface area (Å²) in [6.07, 6.45) is -0.766. The summed E-state index contributed by atoms with van der Waals surface area (Å²) in [7, 11) is 4.42. The molecule has 1 atom stereocenters. The molecule has 41 heavy (non-hydrogen) atoms. The summed E-state index contributed by atoms with van der Waals surface area (Å²) in [5, 5.41) is 4.66. The predicted molar refractivity (Wildman–Crippen MR) is 157 cm³/mol. The number of amides is 2. The van der Waals surface area contributed by atoms with Gasteiger partial charge in [-0.1, -0.05) is 58.4 Å². The first kappa shape index (κ1) is 27.9. The number of para-hydroxylation sites is 1. The Bertz CT molecular complexity index is 1550. The molecule has 1 aliphatic heterocycles. The van der Waals surface area contributed by atoms with Crippen molar-refractivity contribution in [3.8, 4) is 23.0 Å². The van der Waals surface area contributed by atoms with E-state index in [2.05, 4.69) is 26.7 Å². The van der Waals surface area contributed by atoms with Gasteiger partial charge in [0.1, 0.15) is 18.5 Å². The second-order valence-electron chi connectivity index (χ2n) is 9.08. The minimum absolute atomic E-state index is 0.212.